The minimum atomic E-state index is -0.965. The maximum atomic E-state index is 10.4. The van der Waals surface area contributed by atoms with Gasteiger partial charge in [-0.25, -0.2) is 0 Å². The second-order valence-electron chi connectivity index (χ2n) is 6.36. The minimum absolute atomic E-state index is 0. The molecule has 0 saturated heterocycles. The first kappa shape index (κ1) is 21.7. The third-order valence-corrected chi connectivity index (χ3v) is 4.20. The van der Waals surface area contributed by atoms with Gasteiger partial charge in [0.1, 0.15) is 5.60 Å². The number of hydrogen-bond acceptors (Lipinski definition) is 3. The average Bonchev–Trinajstić information content (AvgIpc) is 2.90. The van der Waals surface area contributed by atoms with Crippen molar-refractivity contribution in [2.24, 2.45) is 16.6 Å². The van der Waals surface area contributed by atoms with Crippen LogP contribution in [0.4, 0.5) is 0 Å². The van der Waals surface area contributed by atoms with Crippen molar-refractivity contribution in [1.29, 1.82) is 0 Å². The maximum Gasteiger partial charge on any atom is 0.188 e. The van der Waals surface area contributed by atoms with Crippen LogP contribution in [0.25, 0.3) is 0 Å². The van der Waals surface area contributed by atoms with E-state index < -0.39 is 5.60 Å². The molecule has 2 unspecified atom stereocenters. The summed E-state index contributed by atoms with van der Waals surface area (Å²) in [5.41, 5.74) is 5.82. The van der Waals surface area contributed by atoms with Gasteiger partial charge in [-0.15, -0.1) is 24.0 Å². The average molecular weight is 439 g/mol. The largest absolute Gasteiger partial charge is 0.383 e. The summed E-state index contributed by atoms with van der Waals surface area (Å²) in [7, 11) is 0. The zero-order chi connectivity index (χ0) is 15.9. The van der Waals surface area contributed by atoms with Gasteiger partial charge in [0.25, 0.3) is 0 Å². The van der Waals surface area contributed by atoms with Crippen molar-refractivity contribution in [3.8, 4) is 0 Å². The van der Waals surface area contributed by atoms with E-state index in [9.17, 15) is 5.11 Å². The number of aliphatic hydroxyl groups is 1. The Morgan fingerprint density at radius 3 is 2.64 bits per heavy atom. The molecule has 2 atom stereocenters. The van der Waals surface area contributed by atoms with Gasteiger partial charge in [-0.05, 0) is 48.6 Å². The Bertz CT molecular complexity index is 433. The number of nitrogens with zero attached hydrogens (tertiary/aromatic N) is 1. The number of nitrogens with two attached hydrogens (primary N) is 1. The lowest BCUT2D eigenvalue weighted by atomic mass is 10.00. The molecule has 4 nitrogen and oxygen atoms in total. The molecule has 1 aromatic heterocycles. The van der Waals surface area contributed by atoms with Gasteiger partial charge in [0.15, 0.2) is 5.96 Å². The number of hydrogen-bond donors (Lipinski definition) is 3. The fourth-order valence-corrected chi connectivity index (χ4v) is 2.89. The Hall–Kier alpha value is -0.340. The third-order valence-electron chi connectivity index (χ3n) is 3.51. The summed E-state index contributed by atoms with van der Waals surface area (Å²) in [5, 5.41) is 17.5. The van der Waals surface area contributed by atoms with Gasteiger partial charge in [0.05, 0.1) is 6.54 Å². The quantitative estimate of drug-likeness (QED) is 0.329. The highest BCUT2D eigenvalue weighted by molar-refractivity contribution is 14.0. The monoisotopic (exact) mass is 439 g/mol. The minimum Gasteiger partial charge on any atom is -0.383 e. The van der Waals surface area contributed by atoms with Crippen LogP contribution in [-0.2, 0) is 5.60 Å². The Balaban J connectivity index is 0.00000441. The zero-order valence-electron chi connectivity index (χ0n) is 14.0. The SMILES string of the molecule is CC(C)CCCC(C)NC(N)=NCC(C)(O)c1ccsc1.I. The second-order valence-corrected chi connectivity index (χ2v) is 7.14. The molecular weight excluding hydrogens is 409 g/mol. The van der Waals surface area contributed by atoms with E-state index in [4.69, 9.17) is 5.73 Å². The molecule has 0 fully saturated rings. The molecule has 1 aromatic rings. The van der Waals surface area contributed by atoms with Crippen LogP contribution >= 0.6 is 35.3 Å². The van der Waals surface area contributed by atoms with Gasteiger partial charge < -0.3 is 16.2 Å². The molecule has 0 aliphatic heterocycles. The smallest absolute Gasteiger partial charge is 0.188 e. The van der Waals surface area contributed by atoms with Gasteiger partial charge in [0, 0.05) is 6.04 Å². The highest BCUT2D eigenvalue weighted by Crippen LogP contribution is 2.23. The molecule has 0 aromatic carbocycles. The van der Waals surface area contributed by atoms with Crippen LogP contribution < -0.4 is 11.1 Å². The summed E-state index contributed by atoms with van der Waals surface area (Å²) in [6.07, 6.45) is 3.50. The van der Waals surface area contributed by atoms with Crippen LogP contribution in [0.3, 0.4) is 0 Å². The molecule has 1 rings (SSSR count). The molecule has 0 aliphatic rings. The number of nitrogens with one attached hydrogen (secondary N) is 1. The van der Waals surface area contributed by atoms with Crippen LogP contribution in [0.1, 0.15) is 52.5 Å². The van der Waals surface area contributed by atoms with E-state index in [-0.39, 0.29) is 30.5 Å². The third kappa shape index (κ3) is 8.33. The first-order valence-electron chi connectivity index (χ1n) is 7.62. The van der Waals surface area contributed by atoms with Crippen LogP contribution in [0.5, 0.6) is 0 Å². The van der Waals surface area contributed by atoms with Gasteiger partial charge in [0.2, 0.25) is 0 Å². The Morgan fingerprint density at radius 2 is 2.09 bits per heavy atom. The number of halogens is 1. The van der Waals surface area contributed by atoms with Crippen LogP contribution in [0.2, 0.25) is 0 Å². The molecule has 0 radical (unpaired) electrons. The van der Waals surface area contributed by atoms with E-state index in [1.165, 1.54) is 12.8 Å². The summed E-state index contributed by atoms with van der Waals surface area (Å²) in [4.78, 5) is 4.27. The number of rotatable bonds is 8. The Kier molecular flexibility index (Phi) is 10.3. The molecule has 4 N–H and O–H groups in total. The molecule has 0 amide bonds. The standard InChI is InChI=1S/C16H29N3OS.HI/c1-12(2)6-5-7-13(3)19-15(17)18-11-16(4,20)14-8-9-21-10-14;/h8-10,12-13,20H,5-7,11H2,1-4H3,(H3,17,18,19);1H. The van der Waals surface area contributed by atoms with Gasteiger partial charge >= 0.3 is 0 Å². The molecule has 0 spiro atoms. The number of aliphatic imine (C=N–C) groups is 1. The van der Waals surface area contributed by atoms with E-state index in [0.717, 1.165) is 17.9 Å². The van der Waals surface area contributed by atoms with E-state index in [1.807, 2.05) is 16.8 Å². The topological polar surface area (TPSA) is 70.6 Å². The van der Waals surface area contributed by atoms with E-state index in [2.05, 4.69) is 31.1 Å². The van der Waals surface area contributed by atoms with Crippen LogP contribution in [0.15, 0.2) is 21.8 Å². The highest BCUT2D eigenvalue weighted by atomic mass is 127. The van der Waals surface area contributed by atoms with Crippen molar-refractivity contribution in [2.45, 2.75) is 58.6 Å². The second kappa shape index (κ2) is 10.4. The fraction of sp³-hybridized carbons (Fsp3) is 0.688. The van der Waals surface area contributed by atoms with E-state index >= 15 is 0 Å². The van der Waals surface area contributed by atoms with Gasteiger partial charge in [-0.2, -0.15) is 11.3 Å². The zero-order valence-corrected chi connectivity index (χ0v) is 17.2. The summed E-state index contributed by atoms with van der Waals surface area (Å²) in [6, 6.07) is 2.22. The van der Waals surface area contributed by atoms with Gasteiger partial charge in [-0.3, -0.25) is 4.99 Å². The van der Waals surface area contributed by atoms with E-state index in [0.29, 0.717) is 12.0 Å². The first-order valence-corrected chi connectivity index (χ1v) is 8.57. The fourth-order valence-electron chi connectivity index (χ4n) is 2.10. The number of guanidine groups is 1. The van der Waals surface area contributed by atoms with Crippen molar-refractivity contribution in [3.05, 3.63) is 22.4 Å². The predicted molar refractivity (Wildman–Crippen MR) is 107 cm³/mol. The molecule has 0 saturated carbocycles. The highest BCUT2D eigenvalue weighted by Gasteiger charge is 2.23. The van der Waals surface area contributed by atoms with Crippen LogP contribution in [-0.4, -0.2) is 23.7 Å². The summed E-state index contributed by atoms with van der Waals surface area (Å²) in [5.74, 6) is 1.14. The Morgan fingerprint density at radius 1 is 1.41 bits per heavy atom. The van der Waals surface area contributed by atoms with E-state index in [1.54, 1.807) is 18.3 Å². The molecule has 0 aliphatic carbocycles. The molecule has 1 heterocycles. The molecule has 128 valence electrons. The van der Waals surface area contributed by atoms with Crippen molar-refractivity contribution >= 4 is 41.3 Å². The summed E-state index contributed by atoms with van der Waals surface area (Å²) in [6.45, 7) is 8.61. The number of thiophene rings is 1. The lowest BCUT2D eigenvalue weighted by Gasteiger charge is -2.21. The Labute approximate surface area is 155 Å². The molecule has 6 heteroatoms. The van der Waals surface area contributed by atoms with Gasteiger partial charge in [-0.1, -0.05) is 26.7 Å². The molecule has 0 bridgehead atoms. The molecular formula is C16H30IN3OS. The predicted octanol–water partition coefficient (Wildman–Crippen LogP) is 3.69. The summed E-state index contributed by atoms with van der Waals surface area (Å²) >= 11 is 1.57. The lowest BCUT2D eigenvalue weighted by molar-refractivity contribution is 0.0677. The normalized spacial score (nSPS) is 16.0. The van der Waals surface area contributed by atoms with Crippen LogP contribution in [0, 0.1) is 5.92 Å². The summed E-state index contributed by atoms with van der Waals surface area (Å²) < 4.78 is 0. The first-order chi connectivity index (χ1) is 9.81. The van der Waals surface area contributed by atoms with Crippen molar-refractivity contribution in [3.63, 3.8) is 0 Å². The lowest BCUT2D eigenvalue weighted by Crippen LogP contribution is -2.39. The van der Waals surface area contributed by atoms with Crippen molar-refractivity contribution < 1.29 is 5.11 Å². The molecule has 22 heavy (non-hydrogen) atoms. The van der Waals surface area contributed by atoms with Crippen molar-refractivity contribution in [1.82, 2.24) is 5.32 Å². The van der Waals surface area contributed by atoms with Crippen molar-refractivity contribution in [2.75, 3.05) is 6.54 Å². The maximum absolute atomic E-state index is 10.4.